The Labute approximate surface area is 180 Å². The van der Waals surface area contributed by atoms with Crippen LogP contribution in [0.15, 0.2) is 85.3 Å². The number of benzene rings is 2. The van der Waals surface area contributed by atoms with Crippen LogP contribution in [0, 0.1) is 0 Å². The topological polar surface area (TPSA) is 46.1 Å². The quantitative estimate of drug-likeness (QED) is 0.396. The predicted octanol–water partition coefficient (Wildman–Crippen LogP) is 5.61. The fourth-order valence-corrected chi connectivity index (χ4v) is 4.14. The second-order valence-electron chi connectivity index (χ2n) is 7.09. The molecule has 0 N–H and O–H groups in total. The molecule has 0 saturated carbocycles. The monoisotopic (exact) mass is 413 g/mol. The van der Waals surface area contributed by atoms with Gasteiger partial charge in [-0.15, -0.1) is 11.3 Å². The number of hydrogen-bond donors (Lipinski definition) is 0. The first-order chi connectivity index (χ1) is 14.7. The van der Waals surface area contributed by atoms with E-state index in [0.29, 0.717) is 18.0 Å². The zero-order valence-corrected chi connectivity index (χ0v) is 17.7. The van der Waals surface area contributed by atoms with Gasteiger partial charge in [-0.25, -0.2) is 4.98 Å². The Morgan fingerprint density at radius 2 is 1.60 bits per heavy atom. The van der Waals surface area contributed by atoms with Gasteiger partial charge in [-0.2, -0.15) is 0 Å². The molecule has 2 heterocycles. The summed E-state index contributed by atoms with van der Waals surface area (Å²) in [5.41, 5.74) is 4.43. The van der Waals surface area contributed by atoms with Gasteiger partial charge >= 0.3 is 0 Å². The minimum Gasteiger partial charge on any atom is -0.329 e. The van der Waals surface area contributed by atoms with Gasteiger partial charge in [0.25, 0.3) is 5.91 Å². The molecule has 0 aliphatic rings. The third-order valence-electron chi connectivity index (χ3n) is 4.93. The predicted molar refractivity (Wildman–Crippen MR) is 121 cm³/mol. The van der Waals surface area contributed by atoms with Crippen LogP contribution in [0.2, 0.25) is 0 Å². The van der Waals surface area contributed by atoms with E-state index >= 15 is 0 Å². The van der Waals surface area contributed by atoms with Gasteiger partial charge in [-0.05, 0) is 29.2 Å². The summed E-state index contributed by atoms with van der Waals surface area (Å²) in [6.45, 7) is 3.18. The van der Waals surface area contributed by atoms with E-state index in [1.165, 1.54) is 16.9 Å². The number of rotatable bonds is 7. The number of aromatic nitrogens is 2. The van der Waals surface area contributed by atoms with Gasteiger partial charge in [0.05, 0.1) is 6.20 Å². The van der Waals surface area contributed by atoms with Gasteiger partial charge in [0.15, 0.2) is 0 Å². The molecule has 5 heteroatoms. The highest BCUT2D eigenvalue weighted by Crippen LogP contribution is 2.26. The highest BCUT2D eigenvalue weighted by atomic mass is 32.1. The summed E-state index contributed by atoms with van der Waals surface area (Å²) in [4.78, 5) is 24.6. The molecular formula is C25H23N3OS. The Morgan fingerprint density at radius 3 is 2.30 bits per heavy atom. The first-order valence-electron chi connectivity index (χ1n) is 10.00. The molecule has 2 aromatic carbocycles. The van der Waals surface area contributed by atoms with Crippen LogP contribution in [0.25, 0.3) is 10.6 Å². The Hall–Kier alpha value is -3.31. The van der Waals surface area contributed by atoms with Crippen molar-refractivity contribution in [1.29, 1.82) is 0 Å². The molecule has 0 saturated heterocycles. The molecule has 0 fully saturated rings. The summed E-state index contributed by atoms with van der Waals surface area (Å²) >= 11 is 1.43. The zero-order chi connectivity index (χ0) is 20.8. The molecule has 0 bridgehead atoms. The van der Waals surface area contributed by atoms with Crippen LogP contribution < -0.4 is 0 Å². The van der Waals surface area contributed by atoms with Crippen molar-refractivity contribution >= 4 is 17.2 Å². The minimum atomic E-state index is -0.0156. The number of pyridine rings is 1. The zero-order valence-electron chi connectivity index (χ0n) is 16.9. The first-order valence-corrected chi connectivity index (χ1v) is 10.8. The smallest absolute Gasteiger partial charge is 0.266 e. The van der Waals surface area contributed by atoms with Gasteiger partial charge in [0.2, 0.25) is 0 Å². The largest absolute Gasteiger partial charge is 0.329 e. The van der Waals surface area contributed by atoms with Gasteiger partial charge in [-0.3, -0.25) is 9.78 Å². The molecule has 4 rings (SSSR count). The molecule has 0 radical (unpaired) electrons. The highest BCUT2D eigenvalue weighted by Gasteiger charge is 2.20. The summed E-state index contributed by atoms with van der Waals surface area (Å²) in [6.07, 6.45) is 6.24. The molecule has 150 valence electrons. The number of carbonyl (C=O) groups is 1. The highest BCUT2D eigenvalue weighted by molar-refractivity contribution is 7.16. The third-order valence-corrected chi connectivity index (χ3v) is 5.96. The van der Waals surface area contributed by atoms with Crippen LogP contribution in [0.1, 0.15) is 33.3 Å². The molecule has 0 unspecified atom stereocenters. The number of hydrogen-bond acceptors (Lipinski definition) is 4. The van der Waals surface area contributed by atoms with Crippen molar-refractivity contribution in [2.24, 2.45) is 0 Å². The van der Waals surface area contributed by atoms with Crippen molar-refractivity contribution in [2.75, 3.05) is 0 Å². The maximum absolute atomic E-state index is 13.4. The van der Waals surface area contributed by atoms with E-state index in [9.17, 15) is 4.79 Å². The summed E-state index contributed by atoms with van der Waals surface area (Å²) in [7, 11) is 0. The van der Waals surface area contributed by atoms with Gasteiger partial charge in [0.1, 0.15) is 9.88 Å². The van der Waals surface area contributed by atoms with E-state index in [1.54, 1.807) is 12.4 Å². The Bertz CT molecular complexity index is 1090. The third kappa shape index (κ3) is 4.81. The maximum atomic E-state index is 13.4. The number of amides is 1. The fraction of sp³-hybridized carbons (Fsp3) is 0.160. The van der Waals surface area contributed by atoms with Crippen LogP contribution in [0.3, 0.4) is 0 Å². The van der Waals surface area contributed by atoms with Crippen molar-refractivity contribution in [1.82, 2.24) is 14.9 Å². The first kappa shape index (κ1) is 20.0. The molecular weight excluding hydrogens is 390 g/mol. The van der Waals surface area contributed by atoms with E-state index in [-0.39, 0.29) is 5.91 Å². The summed E-state index contributed by atoms with van der Waals surface area (Å²) < 4.78 is 0. The number of carbonyl (C=O) groups excluding carboxylic acids is 1. The molecule has 1 amide bonds. The molecule has 0 aliphatic heterocycles. The summed E-state index contributed by atoms with van der Waals surface area (Å²) in [5, 5.41) is 0.854. The Morgan fingerprint density at radius 1 is 0.867 bits per heavy atom. The molecule has 0 aliphatic carbocycles. The van der Waals surface area contributed by atoms with Gasteiger partial charge in [-0.1, -0.05) is 67.6 Å². The summed E-state index contributed by atoms with van der Waals surface area (Å²) in [6, 6.07) is 22.3. The van der Waals surface area contributed by atoms with Crippen molar-refractivity contribution in [3.63, 3.8) is 0 Å². The van der Waals surface area contributed by atoms with Crippen LogP contribution in [0.4, 0.5) is 0 Å². The van der Waals surface area contributed by atoms with E-state index in [0.717, 1.165) is 28.1 Å². The standard InChI is InChI=1S/C25H23N3OS/c1-2-19-10-12-20(13-11-19)17-28(18-21-7-6-14-26-15-21)25(29)23-16-27-24(30-23)22-8-4-3-5-9-22/h3-16H,2,17-18H2,1H3. The SMILES string of the molecule is CCc1ccc(CN(Cc2cccnc2)C(=O)c2cnc(-c3ccccc3)s2)cc1. The second kappa shape index (κ2) is 9.46. The van der Waals surface area contributed by atoms with Crippen LogP contribution in [-0.2, 0) is 19.5 Å². The van der Waals surface area contributed by atoms with Gasteiger partial charge < -0.3 is 4.90 Å². The van der Waals surface area contributed by atoms with Crippen molar-refractivity contribution in [3.8, 4) is 10.6 Å². The molecule has 0 atom stereocenters. The number of thiazole rings is 1. The van der Waals surface area contributed by atoms with Crippen molar-refractivity contribution < 1.29 is 4.79 Å². The lowest BCUT2D eigenvalue weighted by atomic mass is 10.1. The Balaban J connectivity index is 1.59. The number of aryl methyl sites for hydroxylation is 1. The van der Waals surface area contributed by atoms with E-state index < -0.39 is 0 Å². The molecule has 2 aromatic heterocycles. The molecule has 4 aromatic rings. The van der Waals surface area contributed by atoms with Crippen molar-refractivity contribution in [2.45, 2.75) is 26.4 Å². The lowest BCUT2D eigenvalue weighted by Crippen LogP contribution is -2.29. The maximum Gasteiger partial charge on any atom is 0.266 e. The van der Waals surface area contributed by atoms with Gasteiger partial charge in [0, 0.05) is 31.0 Å². The lowest BCUT2D eigenvalue weighted by Gasteiger charge is -2.22. The van der Waals surface area contributed by atoms with Crippen molar-refractivity contribution in [3.05, 3.63) is 107 Å². The minimum absolute atomic E-state index is 0.0156. The van der Waals surface area contributed by atoms with Crippen LogP contribution in [0.5, 0.6) is 0 Å². The molecule has 4 nitrogen and oxygen atoms in total. The van der Waals surface area contributed by atoms with Crippen LogP contribution >= 0.6 is 11.3 Å². The second-order valence-corrected chi connectivity index (χ2v) is 8.12. The fourth-order valence-electron chi connectivity index (χ4n) is 3.26. The average Bonchev–Trinajstić information content (AvgIpc) is 3.30. The molecule has 0 spiro atoms. The Kier molecular flexibility index (Phi) is 6.30. The lowest BCUT2D eigenvalue weighted by molar-refractivity contribution is 0.0734. The van der Waals surface area contributed by atoms with E-state index in [1.807, 2.05) is 53.6 Å². The summed E-state index contributed by atoms with van der Waals surface area (Å²) in [5.74, 6) is -0.0156. The van der Waals surface area contributed by atoms with E-state index in [2.05, 4.69) is 41.2 Å². The molecule has 30 heavy (non-hydrogen) atoms. The number of nitrogens with zero attached hydrogens (tertiary/aromatic N) is 3. The normalized spacial score (nSPS) is 10.7. The van der Waals surface area contributed by atoms with E-state index in [4.69, 9.17) is 0 Å². The average molecular weight is 414 g/mol. The van der Waals surface area contributed by atoms with Crippen LogP contribution in [-0.4, -0.2) is 20.8 Å².